The molecule has 0 fully saturated rings. The Morgan fingerprint density at radius 2 is 1.79 bits per heavy atom. The number of thiazole rings is 1. The standard InChI is InChI=1S/C30H26N2O6S/c1-5-22-25(29(35)37-4)26(18-9-7-6-8-10-18)32-27(33)24(39-30(32)31-22)16-20-12-14-23(38-20)21-13-11-19(15-17(21)2)28(34)36-3/h6-16,26H,5H2,1-4H3/b24-16-/t26-/m1/s1. The van der Waals surface area contributed by atoms with E-state index < -0.39 is 18.0 Å². The van der Waals surface area contributed by atoms with Gasteiger partial charge < -0.3 is 13.9 Å². The molecule has 198 valence electrons. The number of fused-ring (bicyclic) bond motifs is 1. The summed E-state index contributed by atoms with van der Waals surface area (Å²) in [5, 5.41) is 0. The number of aromatic nitrogens is 1. The van der Waals surface area contributed by atoms with Crippen molar-refractivity contribution >= 4 is 29.4 Å². The molecule has 0 unspecified atom stereocenters. The number of hydrogen-bond acceptors (Lipinski definition) is 8. The number of methoxy groups -OCH3 is 2. The summed E-state index contributed by atoms with van der Waals surface area (Å²) in [6.07, 6.45) is 2.19. The number of ether oxygens (including phenoxy) is 2. The lowest BCUT2D eigenvalue weighted by Gasteiger charge is -2.25. The van der Waals surface area contributed by atoms with E-state index in [1.807, 2.05) is 50.2 Å². The van der Waals surface area contributed by atoms with Crippen LogP contribution in [0.15, 0.2) is 86.1 Å². The molecule has 1 atom stereocenters. The van der Waals surface area contributed by atoms with E-state index in [4.69, 9.17) is 13.9 Å². The van der Waals surface area contributed by atoms with Crippen LogP contribution < -0.4 is 14.9 Å². The minimum Gasteiger partial charge on any atom is -0.466 e. The molecule has 1 aliphatic rings. The molecule has 0 N–H and O–H groups in total. The fourth-order valence-electron chi connectivity index (χ4n) is 4.70. The van der Waals surface area contributed by atoms with Crippen molar-refractivity contribution in [1.82, 2.24) is 4.57 Å². The fourth-order valence-corrected chi connectivity index (χ4v) is 5.70. The van der Waals surface area contributed by atoms with Crippen molar-refractivity contribution in [3.63, 3.8) is 0 Å². The predicted octanol–water partition coefficient (Wildman–Crippen LogP) is 4.15. The van der Waals surface area contributed by atoms with Gasteiger partial charge in [-0.15, -0.1) is 0 Å². The first-order valence-electron chi connectivity index (χ1n) is 12.3. The van der Waals surface area contributed by atoms with Crippen molar-refractivity contribution in [3.05, 3.63) is 114 Å². The summed E-state index contributed by atoms with van der Waals surface area (Å²) >= 11 is 1.24. The maximum absolute atomic E-state index is 13.7. The molecule has 1 aliphatic heterocycles. The molecule has 2 aromatic heterocycles. The van der Waals surface area contributed by atoms with Crippen molar-refractivity contribution in [2.75, 3.05) is 14.2 Å². The van der Waals surface area contributed by atoms with Crippen molar-refractivity contribution in [1.29, 1.82) is 0 Å². The van der Waals surface area contributed by atoms with Crippen LogP contribution in [0.1, 0.15) is 46.6 Å². The summed E-state index contributed by atoms with van der Waals surface area (Å²) in [4.78, 5) is 43.6. The first-order valence-corrected chi connectivity index (χ1v) is 13.1. The lowest BCUT2D eigenvalue weighted by atomic mass is 9.95. The lowest BCUT2D eigenvalue weighted by Crippen LogP contribution is -2.40. The largest absolute Gasteiger partial charge is 0.466 e. The van der Waals surface area contributed by atoms with Crippen LogP contribution in [0.25, 0.3) is 17.4 Å². The van der Waals surface area contributed by atoms with Crippen LogP contribution >= 0.6 is 11.3 Å². The second kappa shape index (κ2) is 10.7. The third-order valence-electron chi connectivity index (χ3n) is 6.58. The van der Waals surface area contributed by atoms with E-state index in [-0.39, 0.29) is 5.56 Å². The van der Waals surface area contributed by atoms with Crippen LogP contribution in [0, 0.1) is 6.92 Å². The summed E-state index contributed by atoms with van der Waals surface area (Å²) in [6.45, 7) is 3.80. The fraction of sp³-hybridized carbons (Fsp3) is 0.200. The Balaban J connectivity index is 1.60. The number of nitrogens with zero attached hydrogens (tertiary/aromatic N) is 2. The quantitative estimate of drug-likeness (QED) is 0.340. The first kappa shape index (κ1) is 26.1. The van der Waals surface area contributed by atoms with Crippen LogP contribution in [0.2, 0.25) is 0 Å². The van der Waals surface area contributed by atoms with Crippen molar-refractivity contribution in [2.24, 2.45) is 4.99 Å². The molecule has 4 aromatic rings. The number of carbonyl (C=O) groups excluding carboxylic acids is 2. The Kier molecular flexibility index (Phi) is 7.17. The topological polar surface area (TPSA) is 100 Å². The molecule has 0 amide bonds. The van der Waals surface area contributed by atoms with E-state index in [1.54, 1.807) is 34.9 Å². The van der Waals surface area contributed by atoms with E-state index in [9.17, 15) is 14.4 Å². The Labute approximate surface area is 228 Å². The number of aryl methyl sites for hydroxylation is 1. The van der Waals surface area contributed by atoms with E-state index in [1.165, 1.54) is 25.6 Å². The van der Waals surface area contributed by atoms with E-state index >= 15 is 0 Å². The Morgan fingerprint density at radius 3 is 2.46 bits per heavy atom. The highest BCUT2D eigenvalue weighted by molar-refractivity contribution is 7.07. The highest BCUT2D eigenvalue weighted by Crippen LogP contribution is 2.32. The number of allylic oxidation sites excluding steroid dienone is 1. The van der Waals surface area contributed by atoms with Gasteiger partial charge in [-0.25, -0.2) is 14.6 Å². The molecule has 3 heterocycles. The minimum absolute atomic E-state index is 0.277. The molecule has 0 saturated heterocycles. The third kappa shape index (κ3) is 4.77. The third-order valence-corrected chi connectivity index (χ3v) is 7.56. The zero-order valence-electron chi connectivity index (χ0n) is 21.9. The molecule has 8 nitrogen and oxygen atoms in total. The minimum atomic E-state index is -0.657. The van der Waals surface area contributed by atoms with Gasteiger partial charge in [-0.2, -0.15) is 0 Å². The van der Waals surface area contributed by atoms with Gasteiger partial charge in [-0.1, -0.05) is 54.7 Å². The molecule has 0 bridgehead atoms. The second-order valence-electron chi connectivity index (χ2n) is 8.92. The SMILES string of the molecule is CCC1=C(C(=O)OC)[C@@H](c2ccccc2)n2c(s/c(=C\c3ccc(-c4ccc(C(=O)OC)cc4C)o3)c2=O)=N1. The molecule has 0 spiro atoms. The van der Waals surface area contributed by atoms with Crippen molar-refractivity contribution in [3.8, 4) is 11.3 Å². The zero-order chi connectivity index (χ0) is 27.7. The maximum atomic E-state index is 13.7. The number of benzene rings is 2. The van der Waals surface area contributed by atoms with Gasteiger partial charge in [-0.05, 0) is 48.7 Å². The molecule has 39 heavy (non-hydrogen) atoms. The van der Waals surface area contributed by atoms with Crippen molar-refractivity contribution < 1.29 is 23.5 Å². The smallest absolute Gasteiger partial charge is 0.338 e. The maximum Gasteiger partial charge on any atom is 0.338 e. The van der Waals surface area contributed by atoms with E-state index in [0.29, 0.717) is 44.1 Å². The lowest BCUT2D eigenvalue weighted by molar-refractivity contribution is -0.136. The molecule has 5 rings (SSSR count). The van der Waals surface area contributed by atoms with Crippen LogP contribution in [0.4, 0.5) is 0 Å². The molecule has 9 heteroatoms. The second-order valence-corrected chi connectivity index (χ2v) is 9.93. The van der Waals surface area contributed by atoms with Gasteiger partial charge in [0, 0.05) is 11.6 Å². The Bertz CT molecular complexity index is 1790. The van der Waals surface area contributed by atoms with Gasteiger partial charge in [0.25, 0.3) is 5.56 Å². The number of carbonyl (C=O) groups is 2. The first-order chi connectivity index (χ1) is 18.9. The monoisotopic (exact) mass is 542 g/mol. The number of furan rings is 1. The molecule has 0 aliphatic carbocycles. The van der Waals surface area contributed by atoms with Gasteiger partial charge in [0.1, 0.15) is 11.5 Å². The van der Waals surface area contributed by atoms with E-state index in [2.05, 4.69) is 4.99 Å². The summed E-state index contributed by atoms with van der Waals surface area (Å²) in [5.74, 6) is 0.177. The number of rotatable bonds is 6. The van der Waals surface area contributed by atoms with Crippen LogP contribution in [-0.2, 0) is 14.3 Å². The number of esters is 2. The van der Waals surface area contributed by atoms with Crippen LogP contribution in [0.5, 0.6) is 0 Å². The highest BCUT2D eigenvalue weighted by atomic mass is 32.1. The molecule has 0 saturated carbocycles. The summed E-state index contributed by atoms with van der Waals surface area (Å²) < 4.78 is 17.9. The number of hydrogen-bond donors (Lipinski definition) is 0. The molecule has 2 aromatic carbocycles. The zero-order valence-corrected chi connectivity index (χ0v) is 22.7. The Morgan fingerprint density at radius 1 is 1.05 bits per heavy atom. The van der Waals surface area contributed by atoms with Gasteiger partial charge in [-0.3, -0.25) is 9.36 Å². The van der Waals surface area contributed by atoms with E-state index in [0.717, 1.165) is 16.7 Å². The summed E-state index contributed by atoms with van der Waals surface area (Å²) in [6, 6.07) is 17.6. The highest BCUT2D eigenvalue weighted by Gasteiger charge is 2.33. The van der Waals surface area contributed by atoms with Crippen LogP contribution in [0.3, 0.4) is 0 Å². The molecular formula is C30H26N2O6S. The average Bonchev–Trinajstić information content (AvgIpc) is 3.55. The molecule has 0 radical (unpaired) electrons. The van der Waals surface area contributed by atoms with Gasteiger partial charge in [0.05, 0.1) is 41.6 Å². The van der Waals surface area contributed by atoms with Gasteiger partial charge in [0.15, 0.2) is 4.80 Å². The predicted molar refractivity (Wildman–Crippen MR) is 147 cm³/mol. The normalized spacial score (nSPS) is 15.1. The molecular weight excluding hydrogens is 516 g/mol. The summed E-state index contributed by atoms with van der Waals surface area (Å²) in [5.41, 5.74) is 3.59. The van der Waals surface area contributed by atoms with Gasteiger partial charge >= 0.3 is 11.9 Å². The average molecular weight is 543 g/mol. The summed E-state index contributed by atoms with van der Waals surface area (Å²) in [7, 11) is 2.67. The van der Waals surface area contributed by atoms with Gasteiger partial charge in [0.2, 0.25) is 0 Å². The van der Waals surface area contributed by atoms with Crippen molar-refractivity contribution in [2.45, 2.75) is 26.3 Å². The Hall–Kier alpha value is -4.50. The van der Waals surface area contributed by atoms with Crippen LogP contribution in [-0.4, -0.2) is 30.7 Å².